The van der Waals surface area contributed by atoms with Gasteiger partial charge in [0.2, 0.25) is 5.91 Å². The molecule has 6 nitrogen and oxygen atoms in total. The molecule has 0 radical (unpaired) electrons. The Balaban J connectivity index is 1.43. The maximum atomic E-state index is 12.6. The minimum Gasteiger partial charge on any atom is -0.486 e. The number of carbonyl (C=O) groups excluding carboxylic acids is 1. The molecule has 1 N–H and O–H groups in total. The van der Waals surface area contributed by atoms with Crippen molar-refractivity contribution in [2.45, 2.75) is 38.3 Å². The van der Waals surface area contributed by atoms with Crippen LogP contribution in [0.3, 0.4) is 0 Å². The van der Waals surface area contributed by atoms with Gasteiger partial charge in [0.25, 0.3) is 0 Å². The Morgan fingerprint density at radius 1 is 1.33 bits per heavy atom. The number of hydrogen-bond acceptors (Lipinski definition) is 4. The standard InChI is InChI=1S/C18H21N3O3/c1-12(13-2-4-15-16(10-13)24-9-8-23-15)18(22)20-14-3-5-17-19-6-7-21(17)11-14/h2,4,6-7,10,12,14H,3,5,8-9,11H2,1H3,(H,20,22)/t12-,14-/m1/s1. The molecule has 2 aliphatic rings. The van der Waals surface area contributed by atoms with Crippen LogP contribution in [-0.2, 0) is 17.8 Å². The summed E-state index contributed by atoms with van der Waals surface area (Å²) in [5, 5.41) is 3.17. The van der Waals surface area contributed by atoms with Gasteiger partial charge in [-0.2, -0.15) is 0 Å². The number of fused-ring (bicyclic) bond motifs is 2. The van der Waals surface area contributed by atoms with Crippen LogP contribution in [0.5, 0.6) is 11.5 Å². The third-order valence-electron chi connectivity index (χ3n) is 4.74. The highest BCUT2D eigenvalue weighted by molar-refractivity contribution is 5.83. The number of rotatable bonds is 3. The fourth-order valence-corrected chi connectivity index (χ4v) is 3.29. The normalized spacial score (nSPS) is 20.1. The fraction of sp³-hybridized carbons (Fsp3) is 0.444. The largest absolute Gasteiger partial charge is 0.486 e. The van der Waals surface area contributed by atoms with Crippen molar-refractivity contribution in [3.05, 3.63) is 42.0 Å². The summed E-state index contributed by atoms with van der Waals surface area (Å²) in [5.74, 6) is 2.38. The lowest BCUT2D eigenvalue weighted by atomic mass is 9.98. The van der Waals surface area contributed by atoms with Crippen molar-refractivity contribution in [2.75, 3.05) is 13.2 Å². The van der Waals surface area contributed by atoms with Crippen molar-refractivity contribution in [1.29, 1.82) is 0 Å². The monoisotopic (exact) mass is 327 g/mol. The number of imidazole rings is 1. The van der Waals surface area contributed by atoms with E-state index < -0.39 is 0 Å². The van der Waals surface area contributed by atoms with Crippen molar-refractivity contribution >= 4 is 5.91 Å². The minimum absolute atomic E-state index is 0.0419. The second-order valence-electron chi connectivity index (χ2n) is 6.36. The van der Waals surface area contributed by atoms with Gasteiger partial charge in [-0.25, -0.2) is 4.98 Å². The summed E-state index contributed by atoms with van der Waals surface area (Å²) in [5.41, 5.74) is 0.941. The molecule has 0 aliphatic carbocycles. The zero-order chi connectivity index (χ0) is 16.5. The number of amides is 1. The number of nitrogens with one attached hydrogen (secondary N) is 1. The van der Waals surface area contributed by atoms with Crippen molar-refractivity contribution in [1.82, 2.24) is 14.9 Å². The summed E-state index contributed by atoms with van der Waals surface area (Å²) in [6.45, 7) is 3.83. The lowest BCUT2D eigenvalue weighted by Gasteiger charge is -2.26. The lowest BCUT2D eigenvalue weighted by molar-refractivity contribution is -0.123. The van der Waals surface area contributed by atoms with Crippen molar-refractivity contribution < 1.29 is 14.3 Å². The summed E-state index contributed by atoms with van der Waals surface area (Å²) in [6, 6.07) is 5.88. The highest BCUT2D eigenvalue weighted by Gasteiger charge is 2.24. The van der Waals surface area contributed by atoms with Crippen LogP contribution >= 0.6 is 0 Å². The van der Waals surface area contributed by atoms with E-state index in [0.717, 1.165) is 42.3 Å². The second kappa shape index (κ2) is 6.19. The molecule has 2 aromatic rings. The Morgan fingerprint density at radius 3 is 3.04 bits per heavy atom. The van der Waals surface area contributed by atoms with Gasteiger partial charge >= 0.3 is 0 Å². The Bertz CT molecular complexity index is 756. The molecule has 0 bridgehead atoms. The molecule has 6 heteroatoms. The van der Waals surface area contributed by atoms with Crippen LogP contribution in [0.1, 0.15) is 30.7 Å². The van der Waals surface area contributed by atoms with Gasteiger partial charge in [0.15, 0.2) is 11.5 Å². The lowest BCUT2D eigenvalue weighted by Crippen LogP contribution is -2.42. The maximum absolute atomic E-state index is 12.6. The van der Waals surface area contributed by atoms with Crippen molar-refractivity contribution in [3.8, 4) is 11.5 Å². The number of carbonyl (C=O) groups is 1. The third-order valence-corrected chi connectivity index (χ3v) is 4.74. The Morgan fingerprint density at radius 2 is 2.17 bits per heavy atom. The van der Waals surface area contributed by atoms with Gasteiger partial charge in [-0.05, 0) is 31.0 Å². The number of benzene rings is 1. The molecule has 1 aromatic carbocycles. The van der Waals surface area contributed by atoms with E-state index in [-0.39, 0.29) is 17.9 Å². The zero-order valence-corrected chi connectivity index (χ0v) is 13.7. The smallest absolute Gasteiger partial charge is 0.227 e. The number of nitrogens with zero attached hydrogens (tertiary/aromatic N) is 2. The summed E-state index contributed by atoms with van der Waals surface area (Å²) in [7, 11) is 0. The van der Waals surface area contributed by atoms with E-state index in [2.05, 4.69) is 14.9 Å². The quantitative estimate of drug-likeness (QED) is 0.935. The molecule has 0 spiro atoms. The first-order chi connectivity index (χ1) is 11.7. The van der Waals surface area contributed by atoms with Crippen LogP contribution in [0, 0.1) is 0 Å². The topological polar surface area (TPSA) is 65.4 Å². The number of ether oxygens (including phenoxy) is 2. The molecular weight excluding hydrogens is 306 g/mol. The molecule has 2 aliphatic heterocycles. The van der Waals surface area contributed by atoms with E-state index >= 15 is 0 Å². The summed E-state index contributed by atoms with van der Waals surface area (Å²) < 4.78 is 13.3. The van der Waals surface area contributed by atoms with Crippen LogP contribution in [0.2, 0.25) is 0 Å². The zero-order valence-electron chi connectivity index (χ0n) is 13.7. The minimum atomic E-state index is -0.231. The summed E-state index contributed by atoms with van der Waals surface area (Å²) in [4.78, 5) is 16.9. The van der Waals surface area contributed by atoms with Gasteiger partial charge in [-0.15, -0.1) is 0 Å². The Kier molecular flexibility index (Phi) is 3.88. The average molecular weight is 327 g/mol. The van der Waals surface area contributed by atoms with Gasteiger partial charge in [-0.3, -0.25) is 4.79 Å². The first-order valence-electron chi connectivity index (χ1n) is 8.40. The SMILES string of the molecule is C[C@@H](C(=O)N[C@@H]1CCc2nccn2C1)c1ccc2c(c1)OCCO2. The van der Waals surface area contributed by atoms with Crippen LogP contribution in [-0.4, -0.2) is 34.7 Å². The average Bonchev–Trinajstić information content (AvgIpc) is 3.08. The second-order valence-corrected chi connectivity index (χ2v) is 6.36. The molecule has 0 saturated carbocycles. The maximum Gasteiger partial charge on any atom is 0.227 e. The first-order valence-corrected chi connectivity index (χ1v) is 8.40. The molecule has 1 amide bonds. The fourth-order valence-electron chi connectivity index (χ4n) is 3.29. The molecular formula is C18H21N3O3. The molecule has 4 rings (SSSR count). The van der Waals surface area contributed by atoms with E-state index in [1.165, 1.54) is 0 Å². The number of aromatic nitrogens is 2. The molecule has 126 valence electrons. The number of aryl methyl sites for hydroxylation is 1. The van der Waals surface area contributed by atoms with Gasteiger partial charge in [0, 0.05) is 31.4 Å². The molecule has 0 saturated heterocycles. The van der Waals surface area contributed by atoms with Crippen molar-refractivity contribution in [3.63, 3.8) is 0 Å². The van der Waals surface area contributed by atoms with Crippen LogP contribution in [0.4, 0.5) is 0 Å². The van der Waals surface area contributed by atoms with Crippen LogP contribution in [0.15, 0.2) is 30.6 Å². The molecule has 0 unspecified atom stereocenters. The Labute approximate surface area is 140 Å². The van der Waals surface area contributed by atoms with Gasteiger partial charge < -0.3 is 19.4 Å². The number of hydrogen-bond donors (Lipinski definition) is 1. The third kappa shape index (κ3) is 2.84. The van der Waals surface area contributed by atoms with Gasteiger partial charge in [0.05, 0.1) is 5.92 Å². The van der Waals surface area contributed by atoms with E-state index in [1.54, 1.807) is 0 Å². The van der Waals surface area contributed by atoms with E-state index in [4.69, 9.17) is 9.47 Å². The molecule has 0 fully saturated rings. The van der Waals surface area contributed by atoms with Gasteiger partial charge in [0.1, 0.15) is 19.0 Å². The first kappa shape index (κ1) is 15.1. The van der Waals surface area contributed by atoms with E-state index in [9.17, 15) is 4.79 Å². The summed E-state index contributed by atoms with van der Waals surface area (Å²) in [6.07, 6.45) is 5.61. The van der Waals surface area contributed by atoms with Gasteiger partial charge in [-0.1, -0.05) is 6.07 Å². The molecule has 24 heavy (non-hydrogen) atoms. The summed E-state index contributed by atoms with van der Waals surface area (Å²) >= 11 is 0. The van der Waals surface area contributed by atoms with Crippen LogP contribution < -0.4 is 14.8 Å². The Hall–Kier alpha value is -2.50. The molecule has 2 atom stereocenters. The van der Waals surface area contributed by atoms with E-state index in [0.29, 0.717) is 13.2 Å². The highest BCUT2D eigenvalue weighted by Crippen LogP contribution is 2.33. The van der Waals surface area contributed by atoms with Crippen molar-refractivity contribution in [2.24, 2.45) is 0 Å². The predicted molar refractivity (Wildman–Crippen MR) is 88.3 cm³/mol. The predicted octanol–water partition coefficient (Wildman–Crippen LogP) is 1.89. The molecule has 1 aromatic heterocycles. The van der Waals surface area contributed by atoms with Crippen LogP contribution in [0.25, 0.3) is 0 Å². The highest BCUT2D eigenvalue weighted by atomic mass is 16.6. The van der Waals surface area contributed by atoms with E-state index in [1.807, 2.05) is 37.5 Å². The molecule has 3 heterocycles.